The minimum absolute atomic E-state index is 0.0457. The number of ketones is 2. The number of nitrogens with zero attached hydrogens (tertiary/aromatic N) is 1. The minimum atomic E-state index is -1.07. The third kappa shape index (κ3) is 6.06. The summed E-state index contributed by atoms with van der Waals surface area (Å²) in [6.07, 6.45) is 0.763. The molecule has 1 fully saturated rings. The first-order valence-corrected chi connectivity index (χ1v) is 13.4. The van der Waals surface area contributed by atoms with E-state index in [9.17, 15) is 24.3 Å². The summed E-state index contributed by atoms with van der Waals surface area (Å²) < 4.78 is 11.6. The van der Waals surface area contributed by atoms with Gasteiger partial charge in [-0.15, -0.1) is 0 Å². The average Bonchev–Trinajstić information content (AvgIpc) is 3.45. The van der Waals surface area contributed by atoms with Gasteiger partial charge in [0.25, 0.3) is 0 Å². The van der Waals surface area contributed by atoms with E-state index in [0.29, 0.717) is 19.7 Å². The first-order valence-electron chi connectivity index (χ1n) is 13.4. The van der Waals surface area contributed by atoms with Crippen molar-refractivity contribution in [3.63, 3.8) is 0 Å². The van der Waals surface area contributed by atoms with E-state index in [1.165, 1.54) is 5.56 Å². The summed E-state index contributed by atoms with van der Waals surface area (Å²) >= 11 is 0. The maximum absolute atomic E-state index is 13.8. The standard InChI is InChI=1S/C29H39NO7/c1-17-16-36-10-6-9-18-7-5-8-19-14-30(15-23(18)19)28(35)37-20-11-21(22(12-20)27(33)34)26(32)24(13-25(17)31)29(2,3)4/h5,7-8,17,20-22,24H,6,9-16H2,1-4H3,(H,33,34)/t17-,20-,21?,22+,24+/m0/s1. The van der Waals surface area contributed by atoms with Crippen LogP contribution in [-0.4, -0.2) is 53.0 Å². The molecule has 3 aliphatic rings. The highest BCUT2D eigenvalue weighted by Crippen LogP contribution is 2.42. The largest absolute Gasteiger partial charge is 0.481 e. The topological polar surface area (TPSA) is 110 Å². The van der Waals surface area contributed by atoms with Gasteiger partial charge in [-0.3, -0.25) is 19.3 Å². The summed E-state index contributed by atoms with van der Waals surface area (Å²) in [5.74, 6) is -4.09. The number of carbonyl (C=O) groups excluding carboxylic acids is 3. The van der Waals surface area contributed by atoms with Crippen molar-refractivity contribution in [1.82, 2.24) is 4.90 Å². The molecule has 4 bridgehead atoms. The van der Waals surface area contributed by atoms with Gasteiger partial charge in [0, 0.05) is 43.9 Å². The van der Waals surface area contributed by atoms with E-state index < -0.39 is 41.3 Å². The Bertz CT molecular complexity index is 1060. The Morgan fingerprint density at radius 1 is 1.08 bits per heavy atom. The van der Waals surface area contributed by atoms with Crippen molar-refractivity contribution in [2.24, 2.45) is 29.1 Å². The predicted molar refractivity (Wildman–Crippen MR) is 136 cm³/mol. The van der Waals surface area contributed by atoms with Gasteiger partial charge in [0.15, 0.2) is 0 Å². The Balaban J connectivity index is 1.61. The van der Waals surface area contributed by atoms with E-state index in [0.717, 1.165) is 24.0 Å². The molecule has 5 atom stereocenters. The molecule has 8 heteroatoms. The number of Topliss-reactive ketones (excluding diaryl/α,β-unsaturated/α-hetero) is 2. The SMILES string of the molecule is C[C@H]1COCCCc2cccc3c2CN(C3)C(=O)O[C@H]2CC(C(=O)[C@H](C(C)(C)C)CC1=O)[C@H](C(=O)O)C2. The molecular weight excluding hydrogens is 474 g/mol. The Kier molecular flexibility index (Phi) is 8.07. The van der Waals surface area contributed by atoms with Crippen LogP contribution in [0.4, 0.5) is 4.79 Å². The van der Waals surface area contributed by atoms with Crippen molar-refractivity contribution in [2.75, 3.05) is 13.2 Å². The lowest BCUT2D eigenvalue weighted by atomic mass is 9.70. The second-order valence-corrected chi connectivity index (χ2v) is 12.0. The van der Waals surface area contributed by atoms with Crippen LogP contribution in [0.5, 0.6) is 0 Å². The van der Waals surface area contributed by atoms with Crippen LogP contribution in [0.3, 0.4) is 0 Å². The smallest absolute Gasteiger partial charge is 0.410 e. The molecule has 0 saturated heterocycles. The highest BCUT2D eigenvalue weighted by atomic mass is 16.6. The molecule has 1 amide bonds. The van der Waals surface area contributed by atoms with Gasteiger partial charge in [0.05, 0.1) is 12.5 Å². The Morgan fingerprint density at radius 2 is 1.81 bits per heavy atom. The van der Waals surface area contributed by atoms with Crippen LogP contribution in [0.2, 0.25) is 0 Å². The minimum Gasteiger partial charge on any atom is -0.481 e. The molecule has 1 saturated carbocycles. The maximum Gasteiger partial charge on any atom is 0.410 e. The van der Waals surface area contributed by atoms with E-state index >= 15 is 0 Å². The van der Waals surface area contributed by atoms with Crippen molar-refractivity contribution in [1.29, 1.82) is 0 Å². The molecular formula is C29H39NO7. The lowest BCUT2D eigenvalue weighted by molar-refractivity contribution is -0.147. The number of carboxylic acids is 1. The number of benzene rings is 1. The van der Waals surface area contributed by atoms with Crippen LogP contribution in [0.1, 0.15) is 70.1 Å². The van der Waals surface area contributed by atoms with Crippen LogP contribution in [-0.2, 0) is 43.4 Å². The van der Waals surface area contributed by atoms with E-state index in [-0.39, 0.29) is 43.4 Å². The molecule has 0 radical (unpaired) electrons. The Hall–Kier alpha value is -2.74. The predicted octanol–water partition coefficient (Wildman–Crippen LogP) is 4.41. The fourth-order valence-corrected chi connectivity index (χ4v) is 5.96. The van der Waals surface area contributed by atoms with Crippen LogP contribution in [0, 0.1) is 29.1 Å². The molecule has 1 aliphatic carbocycles. The Morgan fingerprint density at radius 3 is 2.51 bits per heavy atom. The summed E-state index contributed by atoms with van der Waals surface area (Å²) in [5, 5.41) is 9.92. The maximum atomic E-state index is 13.8. The van der Waals surface area contributed by atoms with Crippen molar-refractivity contribution < 1.29 is 33.8 Å². The molecule has 1 N–H and O–H groups in total. The van der Waals surface area contributed by atoms with Gasteiger partial charge < -0.3 is 14.6 Å². The van der Waals surface area contributed by atoms with Crippen LogP contribution >= 0.6 is 0 Å². The lowest BCUT2D eigenvalue weighted by Crippen LogP contribution is -2.39. The van der Waals surface area contributed by atoms with E-state index in [1.54, 1.807) is 4.90 Å². The first kappa shape index (κ1) is 27.3. The molecule has 202 valence electrons. The van der Waals surface area contributed by atoms with Crippen molar-refractivity contribution in [2.45, 2.75) is 79.0 Å². The van der Waals surface area contributed by atoms with E-state index in [4.69, 9.17) is 9.47 Å². The van der Waals surface area contributed by atoms with Crippen LogP contribution < -0.4 is 0 Å². The molecule has 2 heterocycles. The lowest BCUT2D eigenvalue weighted by Gasteiger charge is -2.32. The second-order valence-electron chi connectivity index (χ2n) is 12.0. The third-order valence-electron chi connectivity index (χ3n) is 8.25. The number of ether oxygens (including phenoxy) is 2. The fourth-order valence-electron chi connectivity index (χ4n) is 5.96. The van der Waals surface area contributed by atoms with Gasteiger partial charge >= 0.3 is 12.1 Å². The number of amides is 1. The van der Waals surface area contributed by atoms with Crippen molar-refractivity contribution in [3.05, 3.63) is 34.9 Å². The summed E-state index contributed by atoms with van der Waals surface area (Å²) in [6, 6.07) is 6.08. The van der Waals surface area contributed by atoms with Gasteiger partial charge in [-0.1, -0.05) is 45.9 Å². The Labute approximate surface area is 218 Å². The van der Waals surface area contributed by atoms with Crippen LogP contribution in [0.15, 0.2) is 18.2 Å². The van der Waals surface area contributed by atoms with Crippen molar-refractivity contribution in [3.8, 4) is 0 Å². The molecule has 1 unspecified atom stereocenters. The van der Waals surface area contributed by atoms with Crippen molar-refractivity contribution >= 4 is 23.6 Å². The number of aliphatic carboxylic acids is 1. The number of fused-ring (bicyclic) bond motifs is 3. The van der Waals surface area contributed by atoms with Gasteiger partial charge in [-0.25, -0.2) is 4.79 Å². The van der Waals surface area contributed by atoms with Gasteiger partial charge in [0.1, 0.15) is 17.7 Å². The number of carbonyl (C=O) groups is 4. The molecule has 1 aromatic rings. The zero-order valence-electron chi connectivity index (χ0n) is 22.3. The third-order valence-corrected chi connectivity index (χ3v) is 8.25. The molecule has 2 aliphatic heterocycles. The molecule has 0 aromatic heterocycles. The second kappa shape index (κ2) is 10.9. The number of hydrogen-bond acceptors (Lipinski definition) is 6. The monoisotopic (exact) mass is 513 g/mol. The number of aryl methyl sites for hydroxylation is 1. The zero-order valence-corrected chi connectivity index (χ0v) is 22.3. The molecule has 0 spiro atoms. The molecule has 1 aromatic carbocycles. The molecule has 8 nitrogen and oxygen atoms in total. The van der Waals surface area contributed by atoms with Crippen LogP contribution in [0.25, 0.3) is 0 Å². The van der Waals surface area contributed by atoms with E-state index in [1.807, 2.05) is 39.8 Å². The quantitative estimate of drug-likeness (QED) is 0.592. The summed E-state index contributed by atoms with van der Waals surface area (Å²) in [4.78, 5) is 53.7. The number of rotatable bonds is 1. The number of carboxylic acid groups (broad SMARTS) is 1. The summed E-state index contributed by atoms with van der Waals surface area (Å²) in [6.45, 7) is 9.22. The van der Waals surface area contributed by atoms with Gasteiger partial charge in [0.2, 0.25) is 0 Å². The summed E-state index contributed by atoms with van der Waals surface area (Å²) in [7, 11) is 0. The van der Waals surface area contributed by atoms with E-state index in [2.05, 4.69) is 6.07 Å². The van der Waals surface area contributed by atoms with Gasteiger partial charge in [-0.05, 0) is 47.8 Å². The zero-order chi connectivity index (χ0) is 26.9. The highest BCUT2D eigenvalue weighted by Gasteiger charge is 2.48. The average molecular weight is 514 g/mol. The molecule has 37 heavy (non-hydrogen) atoms. The summed E-state index contributed by atoms with van der Waals surface area (Å²) in [5.41, 5.74) is 2.85. The normalized spacial score (nSPS) is 29.9. The fraction of sp³-hybridized carbons (Fsp3) is 0.655. The highest BCUT2D eigenvalue weighted by molar-refractivity contribution is 5.93. The first-order chi connectivity index (χ1) is 17.5. The van der Waals surface area contributed by atoms with Gasteiger partial charge in [-0.2, -0.15) is 0 Å². The molecule has 4 rings (SSSR count). The number of hydrogen-bond donors (Lipinski definition) is 1.